The van der Waals surface area contributed by atoms with Gasteiger partial charge < -0.3 is 10.7 Å². The fourth-order valence-electron chi connectivity index (χ4n) is 2.58. The molecular formula is C14H22N4OS. The van der Waals surface area contributed by atoms with Crippen LogP contribution in [0.4, 0.5) is 5.69 Å². The third-order valence-electron chi connectivity index (χ3n) is 3.56. The summed E-state index contributed by atoms with van der Waals surface area (Å²) in [5.74, 6) is 6.50. The Kier molecular flexibility index (Phi) is 5.25. The van der Waals surface area contributed by atoms with Crippen molar-refractivity contribution in [3.8, 4) is 0 Å². The Labute approximate surface area is 124 Å². The van der Waals surface area contributed by atoms with Gasteiger partial charge in [0.1, 0.15) is 0 Å². The van der Waals surface area contributed by atoms with Crippen LogP contribution in [0.5, 0.6) is 0 Å². The van der Waals surface area contributed by atoms with Crippen LogP contribution in [0.15, 0.2) is 12.3 Å². The molecule has 0 radical (unpaired) electrons. The van der Waals surface area contributed by atoms with E-state index in [-0.39, 0.29) is 11.9 Å². The second kappa shape index (κ2) is 6.95. The van der Waals surface area contributed by atoms with Crippen LogP contribution in [0.3, 0.4) is 0 Å². The van der Waals surface area contributed by atoms with Gasteiger partial charge in [0.05, 0.1) is 11.3 Å². The first-order chi connectivity index (χ1) is 9.63. The summed E-state index contributed by atoms with van der Waals surface area (Å²) in [6.45, 7) is 4.04. The van der Waals surface area contributed by atoms with Gasteiger partial charge >= 0.3 is 0 Å². The first kappa shape index (κ1) is 15.1. The minimum atomic E-state index is -0.0994. The second-order valence-corrected chi connectivity index (χ2v) is 6.65. The minimum absolute atomic E-state index is 0.0994. The average molecular weight is 294 g/mol. The predicted molar refractivity (Wildman–Crippen MR) is 83.8 cm³/mol. The van der Waals surface area contributed by atoms with Crippen molar-refractivity contribution in [3.63, 3.8) is 0 Å². The smallest absolute Gasteiger partial charge is 0.255 e. The fourth-order valence-corrected chi connectivity index (χ4v) is 3.72. The molecule has 1 aromatic heterocycles. The number of nitrogens with one attached hydrogen (secondary N) is 2. The number of aromatic nitrogens is 1. The maximum absolute atomic E-state index is 12.3. The summed E-state index contributed by atoms with van der Waals surface area (Å²) in [6, 6.07) is 2.04. The van der Waals surface area contributed by atoms with Crippen molar-refractivity contribution < 1.29 is 4.79 Å². The second-order valence-electron chi connectivity index (χ2n) is 5.08. The Balaban J connectivity index is 1.99. The lowest BCUT2D eigenvalue weighted by Gasteiger charge is -2.15. The maximum atomic E-state index is 12.3. The number of thioether (sulfide) groups is 1. The normalized spacial score (nSPS) is 21.8. The summed E-state index contributed by atoms with van der Waals surface area (Å²) in [7, 11) is 0. The molecule has 4 N–H and O–H groups in total. The lowest BCUT2D eigenvalue weighted by molar-refractivity contribution is 0.0938. The molecule has 2 unspecified atom stereocenters. The van der Waals surface area contributed by atoms with E-state index in [4.69, 9.17) is 5.84 Å². The van der Waals surface area contributed by atoms with E-state index >= 15 is 0 Å². The summed E-state index contributed by atoms with van der Waals surface area (Å²) in [4.78, 5) is 16.5. The van der Waals surface area contributed by atoms with Crippen LogP contribution >= 0.6 is 11.8 Å². The number of hydrazine groups is 1. The largest absolute Gasteiger partial charge is 0.349 e. The number of carbonyl (C=O) groups excluding carboxylic acids is 1. The van der Waals surface area contributed by atoms with Crippen LogP contribution in [-0.4, -0.2) is 27.9 Å². The molecule has 2 rings (SSSR count). The molecule has 1 fully saturated rings. The molecule has 0 saturated heterocycles. The Morgan fingerprint density at radius 3 is 3.05 bits per heavy atom. The van der Waals surface area contributed by atoms with Crippen LogP contribution in [0.2, 0.25) is 0 Å². The van der Waals surface area contributed by atoms with Gasteiger partial charge in [-0.1, -0.05) is 6.92 Å². The van der Waals surface area contributed by atoms with E-state index in [2.05, 4.69) is 22.7 Å². The van der Waals surface area contributed by atoms with E-state index in [1.54, 1.807) is 12.3 Å². The molecule has 6 heteroatoms. The number of pyridine rings is 1. The molecule has 1 saturated carbocycles. The lowest BCUT2D eigenvalue weighted by Crippen LogP contribution is -2.34. The zero-order chi connectivity index (χ0) is 14.5. The van der Waals surface area contributed by atoms with Gasteiger partial charge in [0.2, 0.25) is 0 Å². The van der Waals surface area contributed by atoms with Gasteiger partial charge in [-0.15, -0.1) is 0 Å². The molecular weight excluding hydrogens is 272 g/mol. The number of aryl methyl sites for hydroxylation is 1. The Morgan fingerprint density at radius 1 is 1.55 bits per heavy atom. The lowest BCUT2D eigenvalue weighted by atomic mass is 10.1. The first-order valence-corrected chi connectivity index (χ1v) is 8.04. The minimum Gasteiger partial charge on any atom is -0.349 e. The van der Waals surface area contributed by atoms with Crippen molar-refractivity contribution >= 4 is 23.4 Å². The molecule has 1 aliphatic carbocycles. The van der Waals surface area contributed by atoms with E-state index in [1.807, 2.05) is 18.7 Å². The SMILES string of the molecule is CCSC1CCC(NC(=O)c2cnc(C)cc2NN)C1. The van der Waals surface area contributed by atoms with Gasteiger partial charge in [-0.25, -0.2) is 0 Å². The zero-order valence-corrected chi connectivity index (χ0v) is 12.8. The zero-order valence-electron chi connectivity index (χ0n) is 12.0. The number of hydrogen-bond donors (Lipinski definition) is 3. The molecule has 2 atom stereocenters. The summed E-state index contributed by atoms with van der Waals surface area (Å²) >= 11 is 1.98. The molecule has 0 spiro atoms. The standard InChI is InChI=1S/C14H22N4OS/c1-3-20-11-5-4-10(7-11)17-14(19)12-8-16-9(2)6-13(12)18-15/h6,8,10-11H,3-5,7,15H2,1-2H3,(H,16,18)(H,17,19). The van der Waals surface area contributed by atoms with Crippen LogP contribution in [0.25, 0.3) is 0 Å². The summed E-state index contributed by atoms with van der Waals surface area (Å²) in [5, 5.41) is 3.76. The number of hydrogen-bond acceptors (Lipinski definition) is 5. The third-order valence-corrected chi connectivity index (χ3v) is 4.80. The van der Waals surface area contributed by atoms with Crippen molar-refractivity contribution in [2.24, 2.45) is 5.84 Å². The number of nitrogens with two attached hydrogens (primary N) is 1. The summed E-state index contributed by atoms with van der Waals surface area (Å²) < 4.78 is 0. The predicted octanol–water partition coefficient (Wildman–Crippen LogP) is 2.08. The van der Waals surface area contributed by atoms with Crippen molar-refractivity contribution in [1.29, 1.82) is 0 Å². The Bertz CT molecular complexity index is 480. The van der Waals surface area contributed by atoms with E-state index in [0.29, 0.717) is 16.5 Å². The van der Waals surface area contributed by atoms with Crippen LogP contribution < -0.4 is 16.6 Å². The highest BCUT2D eigenvalue weighted by Gasteiger charge is 2.26. The quantitative estimate of drug-likeness (QED) is 0.572. The molecule has 1 amide bonds. The van der Waals surface area contributed by atoms with Crippen molar-refractivity contribution in [1.82, 2.24) is 10.3 Å². The van der Waals surface area contributed by atoms with E-state index in [9.17, 15) is 4.79 Å². The van der Waals surface area contributed by atoms with Crippen LogP contribution in [0, 0.1) is 6.92 Å². The van der Waals surface area contributed by atoms with Gasteiger partial charge in [-0.05, 0) is 38.0 Å². The van der Waals surface area contributed by atoms with E-state index < -0.39 is 0 Å². The molecule has 1 aromatic rings. The first-order valence-electron chi connectivity index (χ1n) is 6.99. The molecule has 0 aliphatic heterocycles. The van der Waals surface area contributed by atoms with E-state index in [1.165, 1.54) is 6.42 Å². The highest BCUT2D eigenvalue weighted by Crippen LogP contribution is 2.30. The van der Waals surface area contributed by atoms with Crippen molar-refractivity contribution in [3.05, 3.63) is 23.5 Å². The van der Waals surface area contributed by atoms with Crippen molar-refractivity contribution in [2.45, 2.75) is 44.4 Å². The van der Waals surface area contributed by atoms with Gasteiger partial charge in [0.15, 0.2) is 0 Å². The highest BCUT2D eigenvalue weighted by atomic mass is 32.2. The van der Waals surface area contributed by atoms with Gasteiger partial charge in [-0.3, -0.25) is 15.6 Å². The number of nitrogens with zero attached hydrogens (tertiary/aromatic N) is 1. The summed E-state index contributed by atoms with van der Waals surface area (Å²) in [5.41, 5.74) is 4.52. The van der Waals surface area contributed by atoms with E-state index in [0.717, 1.165) is 24.3 Å². The topological polar surface area (TPSA) is 80.0 Å². The molecule has 0 aromatic carbocycles. The number of anilines is 1. The molecule has 110 valence electrons. The fraction of sp³-hybridized carbons (Fsp3) is 0.571. The number of rotatable bonds is 5. The Morgan fingerprint density at radius 2 is 2.35 bits per heavy atom. The van der Waals surface area contributed by atoms with Crippen LogP contribution in [0.1, 0.15) is 42.2 Å². The maximum Gasteiger partial charge on any atom is 0.255 e. The highest BCUT2D eigenvalue weighted by molar-refractivity contribution is 7.99. The molecule has 1 aliphatic rings. The molecule has 0 bridgehead atoms. The third kappa shape index (κ3) is 3.64. The monoisotopic (exact) mass is 294 g/mol. The van der Waals surface area contributed by atoms with Crippen LogP contribution in [-0.2, 0) is 0 Å². The van der Waals surface area contributed by atoms with Gasteiger partial charge in [-0.2, -0.15) is 11.8 Å². The summed E-state index contributed by atoms with van der Waals surface area (Å²) in [6.07, 6.45) is 4.85. The van der Waals surface area contributed by atoms with Gasteiger partial charge in [0.25, 0.3) is 5.91 Å². The Hall–Kier alpha value is -1.27. The number of amides is 1. The average Bonchev–Trinajstić information content (AvgIpc) is 2.86. The molecule has 1 heterocycles. The number of nitrogen functional groups attached to an aromatic ring is 1. The molecule has 5 nitrogen and oxygen atoms in total. The van der Waals surface area contributed by atoms with Crippen molar-refractivity contribution in [2.75, 3.05) is 11.2 Å². The molecule has 20 heavy (non-hydrogen) atoms. The number of carbonyl (C=O) groups is 1. The van der Waals surface area contributed by atoms with Gasteiger partial charge in [0, 0.05) is 23.2 Å².